The number of hydrogen-bond acceptors (Lipinski definition) is 3. The molecular weight excluding hydrogens is 321 g/mol. The Morgan fingerprint density at radius 3 is 2.52 bits per heavy atom. The highest BCUT2D eigenvalue weighted by molar-refractivity contribution is 5.89. The molecule has 0 fully saturated rings. The zero-order valence-corrected chi connectivity index (χ0v) is 13.9. The molecule has 1 N–H and O–H groups in total. The van der Waals surface area contributed by atoms with Crippen LogP contribution in [0.4, 0.5) is 4.39 Å². The van der Waals surface area contributed by atoms with E-state index in [1.807, 2.05) is 37.3 Å². The van der Waals surface area contributed by atoms with E-state index in [-0.39, 0.29) is 24.0 Å². The molecule has 0 aliphatic heterocycles. The Kier molecular flexibility index (Phi) is 6.89. The van der Waals surface area contributed by atoms with Crippen LogP contribution in [0.1, 0.15) is 24.0 Å². The summed E-state index contributed by atoms with van der Waals surface area (Å²) in [5.41, 5.74) is 1.40. The molecule has 0 bridgehead atoms. The van der Waals surface area contributed by atoms with Crippen molar-refractivity contribution in [2.45, 2.75) is 12.8 Å². The minimum Gasteiger partial charge on any atom is -0.452 e. The van der Waals surface area contributed by atoms with Gasteiger partial charge in [0.25, 0.3) is 5.91 Å². The lowest BCUT2D eigenvalue weighted by Crippen LogP contribution is -2.31. The van der Waals surface area contributed by atoms with Crippen LogP contribution in [0.5, 0.6) is 0 Å². The molecule has 0 saturated carbocycles. The van der Waals surface area contributed by atoms with Gasteiger partial charge in [-0.1, -0.05) is 55.5 Å². The molecule has 5 heteroatoms. The number of amides is 1. The number of benzene rings is 2. The lowest BCUT2D eigenvalue weighted by molar-refractivity contribution is -0.143. The van der Waals surface area contributed by atoms with E-state index in [9.17, 15) is 14.0 Å². The summed E-state index contributed by atoms with van der Waals surface area (Å²) < 4.78 is 18.2. The number of nitrogens with one attached hydrogen (secondary N) is 1. The van der Waals surface area contributed by atoms with E-state index in [1.165, 1.54) is 18.2 Å². The molecule has 2 aromatic carbocycles. The van der Waals surface area contributed by atoms with Gasteiger partial charge in [0.1, 0.15) is 5.82 Å². The first-order chi connectivity index (χ1) is 12.1. The third kappa shape index (κ3) is 6.22. The number of esters is 1. The fraction of sp³-hybridized carbons (Fsp3) is 0.200. The summed E-state index contributed by atoms with van der Waals surface area (Å²) in [6.45, 7) is 2.08. The van der Waals surface area contributed by atoms with Gasteiger partial charge in [0.15, 0.2) is 6.61 Å². The van der Waals surface area contributed by atoms with Crippen LogP contribution in [-0.4, -0.2) is 25.0 Å². The lowest BCUT2D eigenvalue weighted by atomic mass is 10.0. The summed E-state index contributed by atoms with van der Waals surface area (Å²) >= 11 is 0. The van der Waals surface area contributed by atoms with E-state index >= 15 is 0 Å². The van der Waals surface area contributed by atoms with Crippen molar-refractivity contribution < 1.29 is 18.7 Å². The fourth-order valence-electron chi connectivity index (χ4n) is 2.17. The third-order valence-electron chi connectivity index (χ3n) is 3.62. The van der Waals surface area contributed by atoms with E-state index in [2.05, 4.69) is 5.32 Å². The molecule has 2 rings (SSSR count). The van der Waals surface area contributed by atoms with Crippen LogP contribution in [-0.2, 0) is 14.3 Å². The zero-order chi connectivity index (χ0) is 18.1. The van der Waals surface area contributed by atoms with Crippen LogP contribution < -0.4 is 5.32 Å². The van der Waals surface area contributed by atoms with Crippen molar-refractivity contribution in [1.82, 2.24) is 5.32 Å². The molecular formula is C20H20FNO3. The monoisotopic (exact) mass is 341 g/mol. The Morgan fingerprint density at radius 1 is 1.12 bits per heavy atom. The molecule has 0 unspecified atom stereocenters. The van der Waals surface area contributed by atoms with Gasteiger partial charge in [0.05, 0.1) is 0 Å². The average Bonchev–Trinajstić information content (AvgIpc) is 2.64. The Labute approximate surface area is 146 Å². The summed E-state index contributed by atoms with van der Waals surface area (Å²) in [6, 6.07) is 15.9. The van der Waals surface area contributed by atoms with Gasteiger partial charge in [0, 0.05) is 18.2 Å². The van der Waals surface area contributed by atoms with Crippen LogP contribution in [0, 0.1) is 5.82 Å². The summed E-state index contributed by atoms with van der Waals surface area (Å²) in [5, 5.41) is 2.72. The number of hydrogen-bond donors (Lipinski definition) is 1. The molecule has 0 heterocycles. The average molecular weight is 341 g/mol. The molecule has 0 radical (unpaired) electrons. The second kappa shape index (κ2) is 9.37. The third-order valence-corrected chi connectivity index (χ3v) is 3.62. The molecule has 1 atom stereocenters. The van der Waals surface area contributed by atoms with Crippen LogP contribution in [0.2, 0.25) is 0 Å². The smallest absolute Gasteiger partial charge is 0.331 e. The highest BCUT2D eigenvalue weighted by Gasteiger charge is 2.09. The van der Waals surface area contributed by atoms with Crippen LogP contribution in [0.25, 0.3) is 6.08 Å². The van der Waals surface area contributed by atoms with Crippen LogP contribution >= 0.6 is 0 Å². The Balaban J connectivity index is 1.72. The van der Waals surface area contributed by atoms with E-state index in [1.54, 1.807) is 12.1 Å². The molecule has 2 aromatic rings. The van der Waals surface area contributed by atoms with Gasteiger partial charge in [0.2, 0.25) is 0 Å². The van der Waals surface area contributed by atoms with Crippen LogP contribution in [0.3, 0.4) is 0 Å². The van der Waals surface area contributed by atoms with Crippen molar-refractivity contribution in [3.8, 4) is 0 Å². The van der Waals surface area contributed by atoms with E-state index in [0.29, 0.717) is 6.54 Å². The molecule has 1 amide bonds. The van der Waals surface area contributed by atoms with Gasteiger partial charge in [-0.2, -0.15) is 0 Å². The highest BCUT2D eigenvalue weighted by Crippen LogP contribution is 2.12. The van der Waals surface area contributed by atoms with Crippen LogP contribution in [0.15, 0.2) is 60.7 Å². The van der Waals surface area contributed by atoms with Gasteiger partial charge in [-0.25, -0.2) is 9.18 Å². The first kappa shape index (κ1) is 18.4. The van der Waals surface area contributed by atoms with Crippen molar-refractivity contribution in [3.63, 3.8) is 0 Å². The number of carbonyl (C=O) groups is 2. The van der Waals surface area contributed by atoms with Gasteiger partial charge < -0.3 is 10.1 Å². The quantitative estimate of drug-likeness (QED) is 0.621. The maximum atomic E-state index is 13.4. The fourth-order valence-corrected chi connectivity index (χ4v) is 2.17. The van der Waals surface area contributed by atoms with Crippen molar-refractivity contribution in [2.24, 2.45) is 0 Å². The van der Waals surface area contributed by atoms with Crippen molar-refractivity contribution in [2.75, 3.05) is 13.2 Å². The van der Waals surface area contributed by atoms with E-state index < -0.39 is 11.8 Å². The molecule has 0 aliphatic rings. The molecule has 0 saturated heterocycles. The summed E-state index contributed by atoms with van der Waals surface area (Å²) in [4.78, 5) is 23.3. The summed E-state index contributed by atoms with van der Waals surface area (Å²) in [6.07, 6.45) is 2.41. The zero-order valence-electron chi connectivity index (χ0n) is 13.9. The van der Waals surface area contributed by atoms with Crippen molar-refractivity contribution >= 4 is 18.0 Å². The molecule has 0 aromatic heterocycles. The first-order valence-corrected chi connectivity index (χ1v) is 7.97. The molecule has 25 heavy (non-hydrogen) atoms. The van der Waals surface area contributed by atoms with Gasteiger partial charge in [-0.05, 0) is 23.6 Å². The maximum absolute atomic E-state index is 13.4. The molecule has 0 spiro atoms. The Morgan fingerprint density at radius 2 is 1.80 bits per heavy atom. The minimum atomic E-state index is -0.700. The predicted molar refractivity (Wildman–Crippen MR) is 94.3 cm³/mol. The van der Waals surface area contributed by atoms with Gasteiger partial charge in [-0.3, -0.25) is 4.79 Å². The Bertz CT molecular complexity index is 744. The minimum absolute atomic E-state index is 0.154. The topological polar surface area (TPSA) is 55.4 Å². The van der Waals surface area contributed by atoms with Crippen molar-refractivity contribution in [3.05, 3.63) is 77.6 Å². The van der Waals surface area contributed by atoms with Crippen molar-refractivity contribution in [1.29, 1.82) is 0 Å². The lowest BCUT2D eigenvalue weighted by Gasteiger charge is -2.12. The number of halogens is 1. The van der Waals surface area contributed by atoms with Gasteiger partial charge >= 0.3 is 5.97 Å². The second-order valence-corrected chi connectivity index (χ2v) is 5.58. The highest BCUT2D eigenvalue weighted by atomic mass is 19.1. The number of carbonyl (C=O) groups excluding carboxylic acids is 2. The summed E-state index contributed by atoms with van der Waals surface area (Å²) in [5.74, 6) is -1.36. The maximum Gasteiger partial charge on any atom is 0.331 e. The predicted octanol–water partition coefficient (Wildman–Crippen LogP) is 3.30. The van der Waals surface area contributed by atoms with Gasteiger partial charge in [-0.15, -0.1) is 0 Å². The SMILES string of the molecule is C[C@@H](CNC(=O)COC(=O)/C=C/c1ccccc1F)c1ccccc1. The number of ether oxygens (including phenoxy) is 1. The van der Waals surface area contributed by atoms with E-state index in [0.717, 1.165) is 11.6 Å². The molecule has 130 valence electrons. The Hall–Kier alpha value is -2.95. The first-order valence-electron chi connectivity index (χ1n) is 7.97. The molecule has 0 aliphatic carbocycles. The largest absolute Gasteiger partial charge is 0.452 e. The normalized spacial score (nSPS) is 11.9. The van der Waals surface area contributed by atoms with E-state index in [4.69, 9.17) is 4.74 Å². The standard InChI is InChI=1S/C20H20FNO3/c1-15(16-7-3-2-4-8-16)13-22-19(23)14-25-20(24)12-11-17-9-5-6-10-18(17)21/h2-12,15H,13-14H2,1H3,(H,22,23)/b12-11+/t15-/m0/s1. The second-order valence-electron chi connectivity index (χ2n) is 5.58. The summed E-state index contributed by atoms with van der Waals surface area (Å²) in [7, 11) is 0. The number of rotatable bonds is 7. The molecule has 4 nitrogen and oxygen atoms in total.